The monoisotopic (exact) mass is 294 g/mol. The van der Waals surface area contributed by atoms with Gasteiger partial charge in [0.1, 0.15) is 6.10 Å². The first-order chi connectivity index (χ1) is 9.16. The van der Waals surface area contributed by atoms with Gasteiger partial charge in [-0.25, -0.2) is 0 Å². The van der Waals surface area contributed by atoms with Crippen LogP contribution in [-0.4, -0.2) is 15.1 Å². The number of hydrogen-bond donors (Lipinski definition) is 1. The number of halogens is 2. The third-order valence-corrected chi connectivity index (χ3v) is 4.01. The summed E-state index contributed by atoms with van der Waals surface area (Å²) in [6.07, 6.45) is 4.28. The average Bonchev–Trinajstić information content (AvgIpc) is 2.82. The minimum atomic E-state index is -0.749. The van der Waals surface area contributed by atoms with Crippen molar-refractivity contribution in [2.75, 3.05) is 0 Å². The van der Waals surface area contributed by atoms with Crippen LogP contribution < -0.4 is 0 Å². The standard InChI is InChI=1S/C14H12Cl2N2O/c15-9-6-11(16)13(18-7-9)14(19)10-4-3-8-2-1-5-17-12(8)10/h1-2,5-7,10,14,19H,3-4H2. The number of aliphatic hydroxyl groups is 1. The van der Waals surface area contributed by atoms with Crippen LogP contribution in [0, 0.1) is 0 Å². The number of aromatic nitrogens is 2. The van der Waals surface area contributed by atoms with E-state index in [4.69, 9.17) is 23.2 Å². The number of hydrogen-bond acceptors (Lipinski definition) is 3. The highest BCUT2D eigenvalue weighted by Crippen LogP contribution is 2.41. The second kappa shape index (κ2) is 5.08. The molecule has 0 amide bonds. The molecule has 1 aliphatic carbocycles. The molecule has 0 fully saturated rings. The van der Waals surface area contributed by atoms with Gasteiger partial charge < -0.3 is 5.11 Å². The Morgan fingerprint density at radius 1 is 1.32 bits per heavy atom. The Morgan fingerprint density at radius 3 is 2.95 bits per heavy atom. The van der Waals surface area contributed by atoms with Gasteiger partial charge in [0.25, 0.3) is 0 Å². The zero-order valence-electron chi connectivity index (χ0n) is 10.1. The summed E-state index contributed by atoms with van der Waals surface area (Å²) >= 11 is 11.9. The predicted octanol–water partition coefficient (Wildman–Crippen LogP) is 3.55. The van der Waals surface area contributed by atoms with E-state index in [0.717, 1.165) is 18.5 Å². The third-order valence-electron chi connectivity index (χ3n) is 3.50. The second-order valence-corrected chi connectivity index (χ2v) is 5.50. The summed E-state index contributed by atoms with van der Waals surface area (Å²) in [5.41, 5.74) is 2.61. The summed E-state index contributed by atoms with van der Waals surface area (Å²) in [7, 11) is 0. The van der Waals surface area contributed by atoms with Gasteiger partial charge in [0.2, 0.25) is 0 Å². The van der Waals surface area contributed by atoms with E-state index in [9.17, 15) is 5.11 Å². The summed E-state index contributed by atoms with van der Waals surface area (Å²) in [6.45, 7) is 0. The molecule has 1 aliphatic rings. The molecule has 0 bridgehead atoms. The highest BCUT2D eigenvalue weighted by molar-refractivity contribution is 6.34. The molecule has 2 aromatic rings. The van der Waals surface area contributed by atoms with Crippen molar-refractivity contribution in [1.29, 1.82) is 0 Å². The Bertz CT molecular complexity index is 618. The van der Waals surface area contributed by atoms with Crippen molar-refractivity contribution in [3.8, 4) is 0 Å². The van der Waals surface area contributed by atoms with Crippen LogP contribution in [0.5, 0.6) is 0 Å². The lowest BCUT2D eigenvalue weighted by molar-refractivity contribution is 0.139. The van der Waals surface area contributed by atoms with Gasteiger partial charge in [-0.1, -0.05) is 29.3 Å². The largest absolute Gasteiger partial charge is 0.386 e. The van der Waals surface area contributed by atoms with Gasteiger partial charge in [-0.3, -0.25) is 9.97 Å². The van der Waals surface area contributed by atoms with E-state index in [2.05, 4.69) is 9.97 Å². The highest BCUT2D eigenvalue weighted by atomic mass is 35.5. The minimum Gasteiger partial charge on any atom is -0.386 e. The lowest BCUT2D eigenvalue weighted by Crippen LogP contribution is -2.11. The Balaban J connectivity index is 1.95. The zero-order chi connectivity index (χ0) is 13.4. The van der Waals surface area contributed by atoms with Crippen molar-refractivity contribution in [3.63, 3.8) is 0 Å². The zero-order valence-corrected chi connectivity index (χ0v) is 11.6. The van der Waals surface area contributed by atoms with Gasteiger partial charge in [-0.2, -0.15) is 0 Å². The number of nitrogens with zero attached hydrogens (tertiary/aromatic N) is 2. The molecule has 3 rings (SSSR count). The predicted molar refractivity (Wildman–Crippen MR) is 74.5 cm³/mol. The smallest absolute Gasteiger partial charge is 0.106 e. The Morgan fingerprint density at radius 2 is 2.16 bits per heavy atom. The number of rotatable bonds is 2. The fourth-order valence-electron chi connectivity index (χ4n) is 2.58. The third kappa shape index (κ3) is 2.34. The van der Waals surface area contributed by atoms with E-state index >= 15 is 0 Å². The molecule has 2 atom stereocenters. The Kier molecular flexibility index (Phi) is 3.44. The maximum absolute atomic E-state index is 10.5. The first kappa shape index (κ1) is 12.9. The number of pyridine rings is 2. The van der Waals surface area contributed by atoms with Crippen LogP contribution in [0.3, 0.4) is 0 Å². The maximum Gasteiger partial charge on any atom is 0.106 e. The normalized spacial score (nSPS) is 19.2. The highest BCUT2D eigenvalue weighted by Gasteiger charge is 2.32. The fraction of sp³-hybridized carbons (Fsp3) is 0.286. The van der Waals surface area contributed by atoms with E-state index in [0.29, 0.717) is 15.7 Å². The van der Waals surface area contributed by atoms with Gasteiger partial charge in [0, 0.05) is 24.0 Å². The van der Waals surface area contributed by atoms with Gasteiger partial charge in [-0.05, 0) is 30.5 Å². The molecule has 98 valence electrons. The summed E-state index contributed by atoms with van der Waals surface area (Å²) in [6, 6.07) is 5.57. The SMILES string of the molecule is OC(c1ncc(Cl)cc1Cl)C1CCc2cccnc21. The molecular formula is C14H12Cl2N2O. The topological polar surface area (TPSA) is 46.0 Å². The molecule has 2 aromatic heterocycles. The summed E-state index contributed by atoms with van der Waals surface area (Å²) in [5.74, 6) is -0.0534. The number of fused-ring (bicyclic) bond motifs is 1. The molecular weight excluding hydrogens is 283 g/mol. The molecule has 2 unspecified atom stereocenters. The Labute approximate surface area is 121 Å². The maximum atomic E-state index is 10.5. The summed E-state index contributed by atoms with van der Waals surface area (Å²) < 4.78 is 0. The first-order valence-corrected chi connectivity index (χ1v) is 6.85. The van der Waals surface area contributed by atoms with Gasteiger partial charge in [0.15, 0.2) is 0 Å². The molecule has 0 saturated carbocycles. The molecule has 0 radical (unpaired) electrons. The van der Waals surface area contributed by atoms with Crippen LogP contribution in [0.2, 0.25) is 10.0 Å². The molecule has 0 aromatic carbocycles. The first-order valence-electron chi connectivity index (χ1n) is 6.09. The van der Waals surface area contributed by atoms with Crippen LogP contribution in [0.4, 0.5) is 0 Å². The van der Waals surface area contributed by atoms with Crippen LogP contribution >= 0.6 is 23.2 Å². The summed E-state index contributed by atoms with van der Waals surface area (Å²) in [4.78, 5) is 8.53. The van der Waals surface area contributed by atoms with Crippen LogP contribution in [0.25, 0.3) is 0 Å². The molecule has 0 spiro atoms. The molecule has 19 heavy (non-hydrogen) atoms. The fourth-order valence-corrected chi connectivity index (χ4v) is 3.08. The van der Waals surface area contributed by atoms with Crippen molar-refractivity contribution >= 4 is 23.2 Å². The summed E-state index contributed by atoms with van der Waals surface area (Å²) in [5, 5.41) is 11.4. The van der Waals surface area contributed by atoms with E-state index in [1.807, 2.05) is 12.1 Å². The van der Waals surface area contributed by atoms with E-state index in [-0.39, 0.29) is 5.92 Å². The lowest BCUT2D eigenvalue weighted by atomic mass is 9.96. The molecule has 0 saturated heterocycles. The number of aliphatic hydroxyl groups excluding tert-OH is 1. The van der Waals surface area contributed by atoms with Crippen LogP contribution in [0.15, 0.2) is 30.6 Å². The van der Waals surface area contributed by atoms with E-state index < -0.39 is 6.10 Å². The lowest BCUT2D eigenvalue weighted by Gasteiger charge is -2.18. The molecule has 5 heteroatoms. The van der Waals surface area contributed by atoms with Crippen molar-refractivity contribution in [3.05, 3.63) is 57.6 Å². The van der Waals surface area contributed by atoms with Crippen molar-refractivity contribution in [1.82, 2.24) is 9.97 Å². The minimum absolute atomic E-state index is 0.0534. The molecule has 3 nitrogen and oxygen atoms in total. The van der Waals surface area contributed by atoms with Crippen molar-refractivity contribution < 1.29 is 5.11 Å². The van der Waals surface area contributed by atoms with Crippen LogP contribution in [-0.2, 0) is 6.42 Å². The van der Waals surface area contributed by atoms with Crippen molar-refractivity contribution in [2.45, 2.75) is 24.9 Å². The molecule has 1 N–H and O–H groups in total. The Hall–Kier alpha value is -1.16. The quantitative estimate of drug-likeness (QED) is 0.921. The van der Waals surface area contributed by atoms with Crippen LogP contribution in [0.1, 0.15) is 35.4 Å². The van der Waals surface area contributed by atoms with Gasteiger partial charge >= 0.3 is 0 Å². The average molecular weight is 295 g/mol. The molecule has 2 heterocycles. The van der Waals surface area contributed by atoms with E-state index in [1.54, 1.807) is 12.3 Å². The van der Waals surface area contributed by atoms with Gasteiger partial charge in [-0.15, -0.1) is 0 Å². The second-order valence-electron chi connectivity index (χ2n) is 4.66. The van der Waals surface area contributed by atoms with Crippen molar-refractivity contribution in [2.24, 2.45) is 0 Å². The van der Waals surface area contributed by atoms with Gasteiger partial charge in [0.05, 0.1) is 15.7 Å². The van der Waals surface area contributed by atoms with E-state index in [1.165, 1.54) is 11.8 Å². The number of aryl methyl sites for hydroxylation is 1. The molecule has 0 aliphatic heterocycles.